The van der Waals surface area contributed by atoms with Gasteiger partial charge < -0.3 is 10.4 Å². The molecule has 1 aliphatic rings. The van der Waals surface area contributed by atoms with E-state index in [1.807, 2.05) is 0 Å². The summed E-state index contributed by atoms with van der Waals surface area (Å²) < 4.78 is 26.6. The van der Waals surface area contributed by atoms with Gasteiger partial charge in [0.2, 0.25) is 10.0 Å². The Labute approximate surface area is 153 Å². The lowest BCUT2D eigenvalue weighted by Crippen LogP contribution is -2.44. The number of sulfonamides is 1. The van der Waals surface area contributed by atoms with E-state index in [1.165, 1.54) is 30.3 Å². The predicted octanol–water partition coefficient (Wildman–Crippen LogP) is 1.92. The molecule has 0 bridgehead atoms. The average molecular weight is 380 g/mol. The summed E-state index contributed by atoms with van der Waals surface area (Å²) in [6.45, 7) is 3.57. The monoisotopic (exact) mass is 380 g/mol. The number of carbonyl (C=O) groups excluding carboxylic acids is 1. The van der Waals surface area contributed by atoms with Crippen LogP contribution in [0.4, 0.5) is 0 Å². The maximum Gasteiger partial charge on any atom is 0.311 e. The van der Waals surface area contributed by atoms with E-state index < -0.39 is 27.3 Å². The van der Waals surface area contributed by atoms with Crippen molar-refractivity contribution in [1.29, 1.82) is 0 Å². The molecule has 0 atom stereocenters. The number of carboxylic acids is 1. The molecule has 26 heavy (non-hydrogen) atoms. The molecule has 0 aliphatic heterocycles. The molecule has 1 aliphatic carbocycles. The minimum atomic E-state index is -3.73. The topological polar surface area (TPSA) is 113 Å². The number of benzene rings is 1. The molecular formula is C18H24N2O5S. The maximum atomic E-state index is 12.4. The van der Waals surface area contributed by atoms with Crippen LogP contribution in [0.3, 0.4) is 0 Å². The summed E-state index contributed by atoms with van der Waals surface area (Å²) in [6.07, 6.45) is 5.13. The molecule has 0 radical (unpaired) electrons. The lowest BCUT2D eigenvalue weighted by Gasteiger charge is -2.33. The molecule has 0 heterocycles. The van der Waals surface area contributed by atoms with Crippen LogP contribution in [0.15, 0.2) is 41.8 Å². The van der Waals surface area contributed by atoms with Crippen molar-refractivity contribution in [3.8, 4) is 0 Å². The number of carboxylic acid groups (broad SMARTS) is 1. The number of amides is 1. The van der Waals surface area contributed by atoms with Gasteiger partial charge in [0, 0.05) is 18.7 Å². The van der Waals surface area contributed by atoms with E-state index in [9.17, 15) is 23.1 Å². The third kappa shape index (κ3) is 4.70. The van der Waals surface area contributed by atoms with Crippen molar-refractivity contribution in [2.75, 3.05) is 13.1 Å². The fourth-order valence-corrected chi connectivity index (χ4v) is 4.15. The van der Waals surface area contributed by atoms with Crippen LogP contribution in [0.25, 0.3) is 0 Å². The first kappa shape index (κ1) is 20.1. The largest absolute Gasteiger partial charge is 0.481 e. The zero-order chi connectivity index (χ0) is 19.2. The first-order chi connectivity index (χ1) is 12.3. The van der Waals surface area contributed by atoms with E-state index in [2.05, 4.69) is 16.6 Å². The van der Waals surface area contributed by atoms with E-state index >= 15 is 0 Å². The zero-order valence-electron chi connectivity index (χ0n) is 14.5. The van der Waals surface area contributed by atoms with Crippen LogP contribution in [0.2, 0.25) is 0 Å². The quantitative estimate of drug-likeness (QED) is 0.597. The molecule has 7 nitrogen and oxygen atoms in total. The van der Waals surface area contributed by atoms with E-state index in [0.29, 0.717) is 12.8 Å². The van der Waals surface area contributed by atoms with Gasteiger partial charge in [-0.3, -0.25) is 9.59 Å². The summed E-state index contributed by atoms with van der Waals surface area (Å²) in [5, 5.41) is 12.2. The molecule has 0 unspecified atom stereocenters. The fraction of sp³-hybridized carbons (Fsp3) is 0.444. The highest BCUT2D eigenvalue weighted by Gasteiger charge is 2.39. The van der Waals surface area contributed by atoms with Crippen LogP contribution >= 0.6 is 0 Å². The van der Waals surface area contributed by atoms with Crippen LogP contribution in [0, 0.1) is 5.41 Å². The second-order valence-electron chi connectivity index (χ2n) is 6.50. The second kappa shape index (κ2) is 8.46. The Hall–Kier alpha value is -2.19. The maximum absolute atomic E-state index is 12.4. The van der Waals surface area contributed by atoms with Gasteiger partial charge >= 0.3 is 5.97 Å². The van der Waals surface area contributed by atoms with Gasteiger partial charge in [0.25, 0.3) is 5.91 Å². The molecule has 0 aromatic heterocycles. The van der Waals surface area contributed by atoms with E-state index in [0.717, 1.165) is 19.3 Å². The summed E-state index contributed by atoms with van der Waals surface area (Å²) in [7, 11) is -3.73. The summed E-state index contributed by atoms with van der Waals surface area (Å²) in [6, 6.07) is 5.64. The summed E-state index contributed by atoms with van der Waals surface area (Å²) >= 11 is 0. The molecule has 142 valence electrons. The van der Waals surface area contributed by atoms with Crippen LogP contribution in [0.1, 0.15) is 42.5 Å². The van der Waals surface area contributed by atoms with Crippen molar-refractivity contribution in [1.82, 2.24) is 10.0 Å². The minimum absolute atomic E-state index is 0.0300. The van der Waals surface area contributed by atoms with Crippen molar-refractivity contribution in [3.63, 3.8) is 0 Å². The van der Waals surface area contributed by atoms with Gasteiger partial charge in [-0.05, 0) is 31.0 Å². The molecule has 0 spiro atoms. The first-order valence-electron chi connectivity index (χ1n) is 8.53. The number of rotatable bonds is 8. The highest BCUT2D eigenvalue weighted by molar-refractivity contribution is 7.89. The summed E-state index contributed by atoms with van der Waals surface area (Å²) in [5.74, 6) is -1.39. The van der Waals surface area contributed by atoms with Crippen LogP contribution in [-0.2, 0) is 14.8 Å². The smallest absolute Gasteiger partial charge is 0.311 e. The molecular weight excluding hydrogens is 356 g/mol. The summed E-state index contributed by atoms with van der Waals surface area (Å²) in [4.78, 5) is 24.0. The van der Waals surface area contributed by atoms with Gasteiger partial charge in [0.05, 0.1) is 10.3 Å². The van der Waals surface area contributed by atoms with Gasteiger partial charge in [-0.1, -0.05) is 31.4 Å². The van der Waals surface area contributed by atoms with E-state index in [4.69, 9.17) is 0 Å². The second-order valence-corrected chi connectivity index (χ2v) is 8.26. The van der Waals surface area contributed by atoms with E-state index in [-0.39, 0.29) is 23.5 Å². The van der Waals surface area contributed by atoms with Crippen molar-refractivity contribution >= 4 is 21.9 Å². The molecule has 1 saturated carbocycles. The number of aliphatic carboxylic acids is 1. The van der Waals surface area contributed by atoms with Crippen LogP contribution < -0.4 is 10.0 Å². The van der Waals surface area contributed by atoms with Gasteiger partial charge in [-0.2, -0.15) is 0 Å². The first-order valence-corrected chi connectivity index (χ1v) is 10.0. The van der Waals surface area contributed by atoms with Gasteiger partial charge in [0.1, 0.15) is 0 Å². The standard InChI is InChI=1S/C18H24N2O5S/c1-2-11-20-26(24,25)15-8-6-7-14(12-15)16(21)19-13-18(17(22)23)9-4-3-5-10-18/h2,6-8,12,20H,1,3-5,9-11,13H2,(H,19,21)(H,22,23). The molecule has 0 saturated heterocycles. The number of hydrogen-bond acceptors (Lipinski definition) is 4. The van der Waals surface area contributed by atoms with Crippen molar-refractivity contribution < 1.29 is 23.1 Å². The Morgan fingerprint density at radius 3 is 2.54 bits per heavy atom. The van der Waals surface area contributed by atoms with Crippen LogP contribution in [-0.4, -0.2) is 38.5 Å². The molecule has 1 amide bonds. The Morgan fingerprint density at radius 1 is 1.23 bits per heavy atom. The normalized spacial score (nSPS) is 16.6. The van der Waals surface area contributed by atoms with Gasteiger partial charge in [-0.15, -0.1) is 6.58 Å². The van der Waals surface area contributed by atoms with E-state index in [1.54, 1.807) is 0 Å². The Kier molecular flexibility index (Phi) is 6.55. The molecule has 1 aromatic carbocycles. The predicted molar refractivity (Wildman–Crippen MR) is 97.3 cm³/mol. The van der Waals surface area contributed by atoms with Crippen molar-refractivity contribution in [2.24, 2.45) is 5.41 Å². The number of carbonyl (C=O) groups is 2. The molecule has 1 aromatic rings. The third-order valence-corrected chi connectivity index (χ3v) is 6.10. The Morgan fingerprint density at radius 2 is 1.92 bits per heavy atom. The molecule has 2 rings (SSSR count). The molecule has 8 heteroatoms. The summed E-state index contributed by atoms with van der Waals surface area (Å²) in [5.41, 5.74) is -0.772. The number of nitrogens with one attached hydrogen (secondary N) is 2. The highest BCUT2D eigenvalue weighted by atomic mass is 32.2. The Bertz CT molecular complexity index is 783. The fourth-order valence-electron chi connectivity index (χ4n) is 3.10. The van der Waals surface area contributed by atoms with Gasteiger partial charge in [-0.25, -0.2) is 13.1 Å². The number of hydrogen-bond donors (Lipinski definition) is 3. The lowest BCUT2D eigenvalue weighted by atomic mass is 9.74. The highest BCUT2D eigenvalue weighted by Crippen LogP contribution is 2.36. The molecule has 1 fully saturated rings. The minimum Gasteiger partial charge on any atom is -0.481 e. The third-order valence-electron chi connectivity index (χ3n) is 4.68. The lowest BCUT2D eigenvalue weighted by molar-refractivity contribution is -0.150. The Balaban J connectivity index is 2.11. The molecule has 3 N–H and O–H groups in total. The van der Waals surface area contributed by atoms with Crippen LogP contribution in [0.5, 0.6) is 0 Å². The van der Waals surface area contributed by atoms with Crippen molar-refractivity contribution in [2.45, 2.75) is 37.0 Å². The van der Waals surface area contributed by atoms with Gasteiger partial charge in [0.15, 0.2) is 0 Å². The average Bonchev–Trinajstić information content (AvgIpc) is 2.65. The SMILES string of the molecule is C=CCNS(=O)(=O)c1cccc(C(=O)NCC2(C(=O)O)CCCCC2)c1. The van der Waals surface area contributed by atoms with Crippen molar-refractivity contribution in [3.05, 3.63) is 42.5 Å². The zero-order valence-corrected chi connectivity index (χ0v) is 15.3.